The first-order valence-corrected chi connectivity index (χ1v) is 19.8. The van der Waals surface area contributed by atoms with Crippen LogP contribution in [0.3, 0.4) is 0 Å². The predicted molar refractivity (Wildman–Crippen MR) is 223 cm³/mol. The highest BCUT2D eigenvalue weighted by Crippen LogP contribution is 2.39. The number of benzene rings is 5. The molecule has 2 amide bonds. The molecule has 3 N–H and O–H groups in total. The number of hydrogen-bond donors (Lipinski definition) is 3. The second kappa shape index (κ2) is 19.6. The van der Waals surface area contributed by atoms with E-state index < -0.39 is 24.3 Å². The number of aliphatic hydroxyl groups is 1. The summed E-state index contributed by atoms with van der Waals surface area (Å²) in [5, 5.41) is 26.4. The third-order valence-electron chi connectivity index (χ3n) is 10.8. The van der Waals surface area contributed by atoms with Gasteiger partial charge in [-0.05, 0) is 57.6 Å². The van der Waals surface area contributed by atoms with Gasteiger partial charge in [-0.15, -0.1) is 0 Å². The lowest BCUT2D eigenvalue weighted by molar-refractivity contribution is -0.384. The van der Waals surface area contributed by atoms with E-state index in [4.69, 9.17) is 14.2 Å². The van der Waals surface area contributed by atoms with Crippen LogP contribution >= 0.6 is 0 Å². The summed E-state index contributed by atoms with van der Waals surface area (Å²) in [4.78, 5) is 40.8. The average molecular weight is 800 g/mol. The lowest BCUT2D eigenvalue weighted by atomic mass is 9.98. The number of carbonyl (C=O) groups excluding carboxylic acids is 2. The van der Waals surface area contributed by atoms with Gasteiger partial charge in [0.2, 0.25) is 0 Å². The van der Waals surface area contributed by atoms with Gasteiger partial charge >= 0.3 is 12.0 Å². The van der Waals surface area contributed by atoms with Gasteiger partial charge in [0.05, 0.1) is 30.8 Å². The van der Waals surface area contributed by atoms with Crippen LogP contribution in [-0.4, -0.2) is 78.9 Å². The Balaban J connectivity index is 1.01. The zero-order chi connectivity index (χ0) is 41.1. The van der Waals surface area contributed by atoms with E-state index >= 15 is 0 Å². The monoisotopic (exact) mass is 799 g/mol. The summed E-state index contributed by atoms with van der Waals surface area (Å²) in [6.07, 6.45) is -0.0277. The molecule has 13 nitrogen and oxygen atoms in total. The predicted octanol–water partition coefficient (Wildman–Crippen LogP) is 6.71. The Morgan fingerprint density at radius 2 is 1.51 bits per heavy atom. The summed E-state index contributed by atoms with van der Waals surface area (Å²) in [6.45, 7) is 4.15. The number of amides is 2. The largest absolute Gasteiger partial charge is 0.467 e. The van der Waals surface area contributed by atoms with Gasteiger partial charge in [0.1, 0.15) is 6.04 Å². The second-order valence-electron chi connectivity index (χ2n) is 14.8. The molecule has 306 valence electrons. The van der Waals surface area contributed by atoms with Crippen molar-refractivity contribution < 1.29 is 33.8 Å². The number of nitrogens with one attached hydrogen (secondary N) is 2. The highest BCUT2D eigenvalue weighted by Gasteiger charge is 2.34. The SMILES string of the molecule is COC(=O)[C@H](Cc1ccccc1)NC(=O)NCc1cccc(-c2cccc([C@H]3O[C@@H](CN4CCN(c5ccc([N+](=O)[O-])cc5)CC4)C[C@@H](c4ccc(CO)cc4)O3)c2)c1. The number of non-ortho nitro benzene ring substituents is 1. The van der Waals surface area contributed by atoms with Crippen LogP contribution < -0.4 is 15.5 Å². The van der Waals surface area contributed by atoms with Gasteiger partial charge in [0.25, 0.3) is 5.69 Å². The highest BCUT2D eigenvalue weighted by atomic mass is 16.7. The Kier molecular flexibility index (Phi) is 13.6. The molecule has 13 heteroatoms. The van der Waals surface area contributed by atoms with Crippen LogP contribution in [0.1, 0.15) is 46.6 Å². The van der Waals surface area contributed by atoms with Gasteiger partial charge in [-0.3, -0.25) is 15.0 Å². The van der Waals surface area contributed by atoms with E-state index in [0.29, 0.717) is 19.4 Å². The Labute approximate surface area is 343 Å². The number of nitrogens with zero attached hydrogens (tertiary/aromatic N) is 3. The zero-order valence-electron chi connectivity index (χ0n) is 32.9. The molecule has 2 heterocycles. The Morgan fingerprint density at radius 3 is 2.20 bits per heavy atom. The normalized spacial score (nSPS) is 18.7. The van der Waals surface area contributed by atoms with Crippen molar-refractivity contribution in [3.63, 3.8) is 0 Å². The number of ether oxygens (including phenoxy) is 3. The maximum Gasteiger partial charge on any atom is 0.328 e. The summed E-state index contributed by atoms with van der Waals surface area (Å²) >= 11 is 0. The third-order valence-corrected chi connectivity index (χ3v) is 10.8. The molecule has 59 heavy (non-hydrogen) atoms. The standard InChI is InChI=1S/C46H49N5O8/c1-57-44(53)42(26-32-7-3-2-4-8-32)48-46(54)47-29-34-9-5-10-36(25-34)37-11-6-12-38(27-37)45-58-41(28-43(59-45)35-15-13-33(31-52)14-16-35)30-49-21-23-50(24-22-49)39-17-19-40(20-18-39)51(55)56/h2-20,25,27,41-43,45,52H,21-24,26,28-31H2,1H3,(H2,47,48,54)/t41-,42+,43+,45+/m1/s1. The molecule has 7 rings (SSSR count). The molecular weight excluding hydrogens is 751 g/mol. The van der Waals surface area contributed by atoms with Crippen molar-refractivity contribution in [2.45, 2.75) is 50.5 Å². The van der Waals surface area contributed by atoms with E-state index in [-0.39, 0.29) is 36.0 Å². The Morgan fingerprint density at radius 1 is 0.814 bits per heavy atom. The number of hydrogen-bond acceptors (Lipinski definition) is 10. The first-order chi connectivity index (χ1) is 28.7. The molecule has 2 fully saturated rings. The first-order valence-electron chi connectivity index (χ1n) is 19.8. The Bertz CT molecular complexity index is 2180. The van der Waals surface area contributed by atoms with E-state index in [1.54, 1.807) is 12.1 Å². The quantitative estimate of drug-likeness (QED) is 0.0628. The number of methoxy groups -OCH3 is 1. The average Bonchev–Trinajstić information content (AvgIpc) is 3.28. The number of carbonyl (C=O) groups is 2. The number of nitro groups is 1. The van der Waals surface area contributed by atoms with Gasteiger partial charge in [0, 0.05) is 75.5 Å². The van der Waals surface area contributed by atoms with Crippen LogP contribution in [0, 0.1) is 10.1 Å². The lowest BCUT2D eigenvalue weighted by Gasteiger charge is -2.41. The number of urea groups is 1. The van der Waals surface area contributed by atoms with E-state index in [1.165, 1.54) is 7.11 Å². The van der Waals surface area contributed by atoms with Crippen molar-refractivity contribution >= 4 is 23.4 Å². The summed E-state index contributed by atoms with van der Waals surface area (Å²) in [5.41, 5.74) is 7.48. The van der Waals surface area contributed by atoms with Crippen LogP contribution in [0.2, 0.25) is 0 Å². The number of nitro benzene ring substituents is 1. The topological polar surface area (TPSA) is 156 Å². The van der Waals surface area contributed by atoms with Gasteiger partial charge in [0.15, 0.2) is 6.29 Å². The van der Waals surface area contributed by atoms with Crippen LogP contribution in [0.4, 0.5) is 16.2 Å². The molecule has 2 aliphatic heterocycles. The maximum atomic E-state index is 12.9. The second-order valence-corrected chi connectivity index (χ2v) is 14.8. The van der Waals surface area contributed by atoms with Crippen LogP contribution in [0.5, 0.6) is 0 Å². The van der Waals surface area contributed by atoms with Gasteiger partial charge in [-0.1, -0.05) is 91.0 Å². The van der Waals surface area contributed by atoms with Gasteiger partial charge in [-0.2, -0.15) is 0 Å². The molecule has 0 radical (unpaired) electrons. The van der Waals surface area contributed by atoms with E-state index in [1.807, 2.05) is 109 Å². The number of esters is 1. The highest BCUT2D eigenvalue weighted by molar-refractivity contribution is 5.83. The third kappa shape index (κ3) is 10.9. The fraction of sp³-hybridized carbons (Fsp3) is 0.304. The van der Waals surface area contributed by atoms with E-state index in [0.717, 1.165) is 70.8 Å². The number of aliphatic hydroxyl groups excluding tert-OH is 1. The number of anilines is 1. The molecule has 5 aromatic rings. The van der Waals surface area contributed by atoms with E-state index in [9.17, 15) is 24.8 Å². The van der Waals surface area contributed by atoms with Crippen molar-refractivity contribution in [3.05, 3.63) is 165 Å². The molecule has 5 aromatic carbocycles. The zero-order valence-corrected chi connectivity index (χ0v) is 32.9. The summed E-state index contributed by atoms with van der Waals surface area (Å²) in [5.74, 6) is -0.520. The fourth-order valence-electron chi connectivity index (χ4n) is 7.60. The number of rotatable bonds is 14. The van der Waals surface area contributed by atoms with Gasteiger partial charge in [-0.25, -0.2) is 9.59 Å². The molecule has 0 spiro atoms. The smallest absolute Gasteiger partial charge is 0.328 e. The minimum Gasteiger partial charge on any atom is -0.467 e. The van der Waals surface area contributed by atoms with Crippen molar-refractivity contribution in [3.8, 4) is 11.1 Å². The Hall–Kier alpha value is -6.12. The van der Waals surface area contributed by atoms with Crippen molar-refractivity contribution in [2.24, 2.45) is 0 Å². The van der Waals surface area contributed by atoms with E-state index in [2.05, 4.69) is 26.5 Å². The molecule has 0 aromatic heterocycles. The number of piperazine rings is 1. The molecule has 0 aliphatic carbocycles. The fourth-order valence-corrected chi connectivity index (χ4v) is 7.60. The van der Waals surface area contributed by atoms with Crippen molar-refractivity contribution in [1.82, 2.24) is 15.5 Å². The molecular formula is C46H49N5O8. The molecule has 4 atom stereocenters. The van der Waals surface area contributed by atoms with Crippen LogP contribution in [0.25, 0.3) is 11.1 Å². The molecule has 2 aliphatic rings. The minimum absolute atomic E-state index is 0.0338. The minimum atomic E-state index is -0.834. The van der Waals surface area contributed by atoms with Crippen molar-refractivity contribution in [2.75, 3.05) is 44.7 Å². The van der Waals surface area contributed by atoms with Crippen LogP contribution in [-0.2, 0) is 38.6 Å². The summed E-state index contributed by atoms with van der Waals surface area (Å²) in [7, 11) is 1.30. The lowest BCUT2D eigenvalue weighted by Crippen LogP contribution is -2.49. The van der Waals surface area contributed by atoms with Crippen molar-refractivity contribution in [1.29, 1.82) is 0 Å². The molecule has 0 bridgehead atoms. The maximum absolute atomic E-state index is 12.9. The van der Waals surface area contributed by atoms with Gasteiger partial charge < -0.3 is 34.9 Å². The van der Waals surface area contributed by atoms with Crippen LogP contribution in [0.15, 0.2) is 127 Å². The first kappa shape index (κ1) is 41.1. The molecule has 2 saturated heterocycles. The summed E-state index contributed by atoms with van der Waals surface area (Å²) in [6, 6.07) is 38.7. The summed E-state index contributed by atoms with van der Waals surface area (Å²) < 4.78 is 18.3. The molecule has 0 unspecified atom stereocenters. The molecule has 0 saturated carbocycles.